The number of amides is 1. The molecular formula is C26H32N2O3. The summed E-state index contributed by atoms with van der Waals surface area (Å²) in [7, 11) is 2.07. The fourth-order valence-electron chi connectivity index (χ4n) is 4.90. The average Bonchev–Trinajstić information content (AvgIpc) is 3.20. The van der Waals surface area contributed by atoms with Crippen molar-refractivity contribution in [3.8, 4) is 0 Å². The normalized spacial score (nSPS) is 21.5. The molecule has 164 valence electrons. The van der Waals surface area contributed by atoms with Crippen LogP contribution in [-0.2, 0) is 9.59 Å². The lowest BCUT2D eigenvalue weighted by molar-refractivity contribution is -0.148. The molecule has 0 spiro atoms. The molecule has 2 aromatic rings. The average molecular weight is 421 g/mol. The molecule has 1 heterocycles. The van der Waals surface area contributed by atoms with Gasteiger partial charge in [0.1, 0.15) is 6.04 Å². The van der Waals surface area contributed by atoms with E-state index in [0.29, 0.717) is 13.0 Å². The molecule has 2 atom stereocenters. The van der Waals surface area contributed by atoms with Gasteiger partial charge in [-0.3, -0.25) is 4.79 Å². The molecule has 4 rings (SSSR count). The number of benzene rings is 2. The van der Waals surface area contributed by atoms with Gasteiger partial charge in [-0.2, -0.15) is 0 Å². The van der Waals surface area contributed by atoms with Crippen LogP contribution in [0.5, 0.6) is 0 Å². The minimum absolute atomic E-state index is 0.0809. The van der Waals surface area contributed by atoms with Crippen LogP contribution in [0.1, 0.15) is 49.1 Å². The van der Waals surface area contributed by atoms with Gasteiger partial charge in [-0.05, 0) is 43.5 Å². The predicted molar refractivity (Wildman–Crippen MR) is 121 cm³/mol. The molecule has 31 heavy (non-hydrogen) atoms. The third kappa shape index (κ3) is 4.82. The summed E-state index contributed by atoms with van der Waals surface area (Å²) in [6.07, 6.45) is 5.61. The van der Waals surface area contributed by atoms with E-state index in [1.54, 1.807) is 4.90 Å². The molecule has 1 aliphatic carbocycles. The minimum Gasteiger partial charge on any atom is -0.480 e. The Bertz CT molecular complexity index is 843. The van der Waals surface area contributed by atoms with E-state index < -0.39 is 17.9 Å². The van der Waals surface area contributed by atoms with Crippen LogP contribution in [0.15, 0.2) is 60.7 Å². The van der Waals surface area contributed by atoms with Crippen LogP contribution in [0, 0.1) is 5.92 Å². The molecule has 2 aliphatic rings. The van der Waals surface area contributed by atoms with Crippen LogP contribution in [0.4, 0.5) is 0 Å². The lowest BCUT2D eigenvalue weighted by Crippen LogP contribution is -2.44. The Morgan fingerprint density at radius 3 is 2.10 bits per heavy atom. The van der Waals surface area contributed by atoms with Crippen molar-refractivity contribution in [2.45, 2.75) is 50.1 Å². The molecular weight excluding hydrogens is 388 g/mol. The Hall–Kier alpha value is -2.66. The van der Waals surface area contributed by atoms with Crippen molar-refractivity contribution < 1.29 is 14.7 Å². The lowest BCUT2D eigenvalue weighted by atomic mass is 9.83. The van der Waals surface area contributed by atoms with Crippen LogP contribution < -0.4 is 0 Å². The van der Waals surface area contributed by atoms with Gasteiger partial charge in [-0.15, -0.1) is 0 Å². The summed E-state index contributed by atoms with van der Waals surface area (Å²) in [5.74, 6) is -0.719. The maximum absolute atomic E-state index is 13.8. The van der Waals surface area contributed by atoms with E-state index in [2.05, 4.69) is 11.9 Å². The first-order chi connectivity index (χ1) is 15.0. The van der Waals surface area contributed by atoms with Gasteiger partial charge < -0.3 is 14.9 Å². The fraction of sp³-hybridized carbons (Fsp3) is 0.462. The fourth-order valence-corrected chi connectivity index (χ4v) is 4.90. The highest BCUT2D eigenvalue weighted by atomic mass is 16.4. The van der Waals surface area contributed by atoms with E-state index in [1.165, 1.54) is 19.3 Å². The van der Waals surface area contributed by atoms with Gasteiger partial charge in [-0.1, -0.05) is 79.9 Å². The van der Waals surface area contributed by atoms with Gasteiger partial charge >= 0.3 is 5.97 Å². The van der Waals surface area contributed by atoms with E-state index in [-0.39, 0.29) is 11.9 Å². The highest BCUT2D eigenvalue weighted by Gasteiger charge is 2.43. The Kier molecular flexibility index (Phi) is 6.71. The molecule has 1 saturated heterocycles. The van der Waals surface area contributed by atoms with Crippen molar-refractivity contribution in [1.82, 2.24) is 9.80 Å². The zero-order chi connectivity index (χ0) is 21.8. The van der Waals surface area contributed by atoms with Gasteiger partial charge in [0.15, 0.2) is 0 Å². The Morgan fingerprint density at radius 2 is 1.61 bits per heavy atom. The van der Waals surface area contributed by atoms with E-state index in [1.807, 2.05) is 60.7 Å². The predicted octanol–water partition coefficient (Wildman–Crippen LogP) is 3.99. The number of carbonyl (C=O) groups excluding carboxylic acids is 1. The molecule has 5 heteroatoms. The summed E-state index contributed by atoms with van der Waals surface area (Å²) < 4.78 is 0. The number of aliphatic carboxylic acids is 1. The molecule has 0 unspecified atom stereocenters. The molecule has 0 bridgehead atoms. The molecule has 1 N–H and O–H groups in total. The number of likely N-dealkylation sites (N-methyl/N-ethyl adjacent to an activating group) is 1. The standard InChI is InChI=1S/C26H32N2O3/c1-27(16-15-19-9-8-10-19)22-17-23(26(30)31)28(18-22)25(29)24(20-11-4-2-5-12-20)21-13-6-3-7-14-21/h2-7,11-14,19,22-24H,8-10,15-18H2,1H3,(H,30,31)/t22-,23-/m0/s1. The highest BCUT2D eigenvalue weighted by molar-refractivity contribution is 5.91. The van der Waals surface area contributed by atoms with Crippen LogP contribution in [0.2, 0.25) is 0 Å². The zero-order valence-electron chi connectivity index (χ0n) is 18.2. The van der Waals surface area contributed by atoms with Crippen molar-refractivity contribution in [2.24, 2.45) is 5.92 Å². The molecule has 5 nitrogen and oxygen atoms in total. The van der Waals surface area contributed by atoms with E-state index >= 15 is 0 Å². The smallest absolute Gasteiger partial charge is 0.326 e. The summed E-state index contributed by atoms with van der Waals surface area (Å²) in [4.78, 5) is 29.8. The first-order valence-electron chi connectivity index (χ1n) is 11.4. The van der Waals surface area contributed by atoms with Crippen LogP contribution >= 0.6 is 0 Å². The summed E-state index contributed by atoms with van der Waals surface area (Å²) in [5, 5.41) is 9.91. The summed E-state index contributed by atoms with van der Waals surface area (Å²) in [5.41, 5.74) is 1.79. The van der Waals surface area contributed by atoms with E-state index in [0.717, 1.165) is 30.0 Å². The molecule has 1 amide bonds. The second kappa shape index (κ2) is 9.65. The first-order valence-corrected chi connectivity index (χ1v) is 11.4. The molecule has 2 aromatic carbocycles. The molecule has 0 radical (unpaired) electrons. The summed E-state index contributed by atoms with van der Waals surface area (Å²) in [6.45, 7) is 1.43. The second-order valence-electron chi connectivity index (χ2n) is 9.05. The van der Waals surface area contributed by atoms with Gasteiger partial charge in [0.25, 0.3) is 0 Å². The van der Waals surface area contributed by atoms with Crippen molar-refractivity contribution >= 4 is 11.9 Å². The number of hydrogen-bond donors (Lipinski definition) is 1. The van der Waals surface area contributed by atoms with Crippen LogP contribution in [-0.4, -0.2) is 59.0 Å². The summed E-state index contributed by atoms with van der Waals surface area (Å²) in [6, 6.07) is 18.7. The number of likely N-dealkylation sites (tertiary alicyclic amines) is 1. The minimum atomic E-state index is -0.914. The molecule has 0 aromatic heterocycles. The SMILES string of the molecule is CN(CCC1CCC1)[C@H]1C[C@@H](C(=O)O)N(C(=O)C(c2ccccc2)c2ccccc2)C1. The van der Waals surface area contributed by atoms with Gasteiger partial charge in [0.2, 0.25) is 5.91 Å². The lowest BCUT2D eigenvalue weighted by Gasteiger charge is -2.30. The Labute approximate surface area is 184 Å². The number of hydrogen-bond acceptors (Lipinski definition) is 3. The highest BCUT2D eigenvalue weighted by Crippen LogP contribution is 2.33. The zero-order valence-corrected chi connectivity index (χ0v) is 18.2. The van der Waals surface area contributed by atoms with Gasteiger partial charge in [0.05, 0.1) is 5.92 Å². The van der Waals surface area contributed by atoms with Crippen molar-refractivity contribution in [1.29, 1.82) is 0 Å². The number of nitrogens with zero attached hydrogens (tertiary/aromatic N) is 2. The number of carbonyl (C=O) groups is 2. The van der Waals surface area contributed by atoms with E-state index in [9.17, 15) is 14.7 Å². The number of rotatable bonds is 8. The van der Waals surface area contributed by atoms with Crippen molar-refractivity contribution in [3.05, 3.63) is 71.8 Å². The van der Waals surface area contributed by atoms with Gasteiger partial charge in [0, 0.05) is 12.6 Å². The van der Waals surface area contributed by atoms with Crippen molar-refractivity contribution in [2.75, 3.05) is 20.1 Å². The topological polar surface area (TPSA) is 60.9 Å². The molecule has 1 aliphatic heterocycles. The third-order valence-electron chi connectivity index (χ3n) is 7.10. The van der Waals surface area contributed by atoms with Crippen LogP contribution in [0.25, 0.3) is 0 Å². The Balaban J connectivity index is 1.55. The van der Waals surface area contributed by atoms with Gasteiger partial charge in [-0.25, -0.2) is 4.79 Å². The Morgan fingerprint density at radius 1 is 1.03 bits per heavy atom. The molecule has 1 saturated carbocycles. The summed E-state index contributed by atoms with van der Waals surface area (Å²) >= 11 is 0. The van der Waals surface area contributed by atoms with E-state index in [4.69, 9.17) is 0 Å². The van der Waals surface area contributed by atoms with Crippen molar-refractivity contribution in [3.63, 3.8) is 0 Å². The third-order valence-corrected chi connectivity index (χ3v) is 7.10. The monoisotopic (exact) mass is 420 g/mol. The maximum atomic E-state index is 13.8. The second-order valence-corrected chi connectivity index (χ2v) is 9.05. The number of carboxylic acids is 1. The molecule has 2 fully saturated rings. The maximum Gasteiger partial charge on any atom is 0.326 e. The quantitative estimate of drug-likeness (QED) is 0.701. The number of carboxylic acid groups (broad SMARTS) is 1. The largest absolute Gasteiger partial charge is 0.480 e. The first kappa shape index (κ1) is 21.6. The van der Waals surface area contributed by atoms with Crippen LogP contribution in [0.3, 0.4) is 0 Å².